The van der Waals surface area contributed by atoms with Crippen LogP contribution in [0.2, 0.25) is 5.02 Å². The van der Waals surface area contributed by atoms with Crippen LogP contribution < -0.4 is 15.1 Å². The fourth-order valence-corrected chi connectivity index (χ4v) is 2.59. The molecule has 0 fully saturated rings. The van der Waals surface area contributed by atoms with Crippen molar-refractivity contribution in [3.8, 4) is 0 Å². The van der Waals surface area contributed by atoms with Crippen LogP contribution in [0.15, 0.2) is 70.3 Å². The topological polar surface area (TPSA) is 97.6 Å². The first-order chi connectivity index (χ1) is 12.7. The number of aliphatic imine (C=N–C) groups is 1. The molecule has 0 radical (unpaired) electrons. The van der Waals surface area contributed by atoms with Gasteiger partial charge in [-0.3, -0.25) is 4.52 Å². The van der Waals surface area contributed by atoms with Gasteiger partial charge in [0.05, 0.1) is 16.7 Å². The molecule has 0 bridgehead atoms. The van der Waals surface area contributed by atoms with E-state index >= 15 is 0 Å². The molecule has 0 aliphatic heterocycles. The summed E-state index contributed by atoms with van der Waals surface area (Å²) in [5.74, 6) is 0.0288. The van der Waals surface area contributed by atoms with Gasteiger partial charge >= 0.3 is 5.88 Å². The Morgan fingerprint density at radius 3 is 2.69 bits per heavy atom. The zero-order valence-corrected chi connectivity index (χ0v) is 14.5. The molecule has 0 saturated heterocycles. The highest BCUT2D eigenvalue weighted by Gasteiger charge is 2.23. The van der Waals surface area contributed by atoms with E-state index in [0.29, 0.717) is 17.1 Å². The summed E-state index contributed by atoms with van der Waals surface area (Å²) in [5, 5.41) is 28.4. The molecule has 26 heavy (non-hydrogen) atoms. The lowest BCUT2D eigenvalue weighted by Crippen LogP contribution is -2.43. The third-order valence-corrected chi connectivity index (χ3v) is 4.03. The molecule has 1 aromatic heterocycles. The molecule has 0 amide bonds. The Morgan fingerprint density at radius 1 is 1.23 bits per heavy atom. The summed E-state index contributed by atoms with van der Waals surface area (Å²) >= 11 is 5.99. The number of anilines is 1. The number of para-hydroxylation sites is 1. The monoisotopic (exact) mass is 372 g/mol. The van der Waals surface area contributed by atoms with E-state index < -0.39 is 6.02 Å². The van der Waals surface area contributed by atoms with Crippen molar-refractivity contribution >= 4 is 29.2 Å². The van der Waals surface area contributed by atoms with Crippen LogP contribution in [-0.2, 0) is 6.42 Å². The van der Waals surface area contributed by atoms with Crippen LogP contribution in [-0.4, -0.2) is 23.0 Å². The van der Waals surface area contributed by atoms with Crippen molar-refractivity contribution in [3.05, 3.63) is 71.4 Å². The molecule has 7 nitrogen and oxygen atoms in total. The number of hydrogen-bond donors (Lipinski definition) is 2. The summed E-state index contributed by atoms with van der Waals surface area (Å²) in [4.78, 5) is 3.80. The van der Waals surface area contributed by atoms with E-state index in [1.54, 1.807) is 24.3 Å². The fourth-order valence-electron chi connectivity index (χ4n) is 2.40. The van der Waals surface area contributed by atoms with Gasteiger partial charge < -0.3 is 15.5 Å². The normalized spacial score (nSPS) is 12.8. The number of aliphatic hydroxyl groups excluding tert-OH is 1. The minimum atomic E-state index is -0.634. The maximum absolute atomic E-state index is 12.0. The molecule has 134 valence electrons. The molecule has 0 aliphatic rings. The maximum Gasteiger partial charge on any atom is 0.322 e. The second kappa shape index (κ2) is 8.46. The third-order valence-electron chi connectivity index (χ3n) is 3.70. The number of hydrogen-bond acceptors (Lipinski definition) is 5. The Hall–Kier alpha value is -2.90. The lowest BCUT2D eigenvalue weighted by Gasteiger charge is -2.13. The first-order valence-corrected chi connectivity index (χ1v) is 8.33. The summed E-state index contributed by atoms with van der Waals surface area (Å²) in [6, 6.07) is 15.6. The number of aromatic nitrogens is 2. The van der Waals surface area contributed by atoms with E-state index in [1.165, 1.54) is 10.9 Å². The molecular formula is C18H17ClN4O3. The van der Waals surface area contributed by atoms with Gasteiger partial charge in [-0.1, -0.05) is 54.1 Å². The number of nitrogens with one attached hydrogen (secondary N) is 1. The van der Waals surface area contributed by atoms with Crippen molar-refractivity contribution < 1.29 is 19.4 Å². The second-order valence-corrected chi connectivity index (χ2v) is 5.98. The molecule has 1 atom stereocenters. The highest BCUT2D eigenvalue weighted by Crippen LogP contribution is 2.20. The van der Waals surface area contributed by atoms with Gasteiger partial charge in [-0.05, 0) is 22.4 Å². The largest absolute Gasteiger partial charge is 0.846 e. The number of benzene rings is 2. The number of nitrogens with zero attached hydrogens (tertiary/aromatic N) is 3. The molecule has 8 heteroatoms. The first kappa shape index (κ1) is 17.9. The highest BCUT2D eigenvalue weighted by molar-refractivity contribution is 6.33. The van der Waals surface area contributed by atoms with E-state index in [1.807, 2.05) is 30.3 Å². The predicted octanol–water partition coefficient (Wildman–Crippen LogP) is 1.85. The average molecular weight is 373 g/mol. The summed E-state index contributed by atoms with van der Waals surface area (Å²) in [7, 11) is 0. The number of halogens is 1. The smallest absolute Gasteiger partial charge is 0.322 e. The van der Waals surface area contributed by atoms with Crippen molar-refractivity contribution in [2.75, 3.05) is 11.9 Å². The van der Waals surface area contributed by atoms with E-state index in [0.717, 1.165) is 5.56 Å². The van der Waals surface area contributed by atoms with Gasteiger partial charge in [-0.2, -0.15) is 0 Å². The van der Waals surface area contributed by atoms with Crippen molar-refractivity contribution in [3.63, 3.8) is 0 Å². The summed E-state index contributed by atoms with van der Waals surface area (Å²) < 4.78 is 6.52. The molecule has 1 unspecified atom stereocenters. The van der Waals surface area contributed by atoms with E-state index in [4.69, 9.17) is 16.1 Å². The molecule has 0 aliphatic carbocycles. The molecule has 3 rings (SSSR count). The van der Waals surface area contributed by atoms with Crippen LogP contribution in [0, 0.1) is 0 Å². The summed E-state index contributed by atoms with van der Waals surface area (Å²) in [6.45, 7) is -0.128. The van der Waals surface area contributed by atoms with E-state index in [9.17, 15) is 10.2 Å². The van der Waals surface area contributed by atoms with Crippen molar-refractivity contribution in [1.29, 1.82) is 0 Å². The predicted molar refractivity (Wildman–Crippen MR) is 95.1 cm³/mol. The molecule has 0 spiro atoms. The Bertz CT molecular complexity index is 883. The Morgan fingerprint density at radius 2 is 1.96 bits per heavy atom. The lowest BCUT2D eigenvalue weighted by atomic mass is 10.1. The molecular weight excluding hydrogens is 356 g/mol. The number of aliphatic hydroxyl groups is 1. The van der Waals surface area contributed by atoms with Crippen molar-refractivity contribution in [2.45, 2.75) is 12.5 Å². The van der Waals surface area contributed by atoms with Crippen molar-refractivity contribution in [2.24, 2.45) is 4.99 Å². The minimum absolute atomic E-state index is 0.0288. The Labute approximate surface area is 155 Å². The minimum Gasteiger partial charge on any atom is -0.846 e. The van der Waals surface area contributed by atoms with Crippen LogP contribution in [0.3, 0.4) is 0 Å². The van der Waals surface area contributed by atoms with Gasteiger partial charge in [0.2, 0.25) is 11.3 Å². The Balaban J connectivity index is 1.71. The van der Waals surface area contributed by atoms with Crippen LogP contribution in [0.4, 0.5) is 11.6 Å². The summed E-state index contributed by atoms with van der Waals surface area (Å²) in [6.07, 6.45) is 2.04. The van der Waals surface area contributed by atoms with Gasteiger partial charge in [-0.15, -0.1) is 0 Å². The van der Waals surface area contributed by atoms with Gasteiger partial charge in [0.1, 0.15) is 6.61 Å². The van der Waals surface area contributed by atoms with Crippen LogP contribution in [0.25, 0.3) is 0 Å². The van der Waals surface area contributed by atoms with Crippen LogP contribution >= 0.6 is 11.6 Å². The average Bonchev–Trinajstić information content (AvgIpc) is 3.10. The van der Waals surface area contributed by atoms with Gasteiger partial charge in [-0.25, -0.2) is 4.99 Å². The molecule has 3 aromatic rings. The summed E-state index contributed by atoms with van der Waals surface area (Å²) in [5.41, 5.74) is 1.50. The first-order valence-electron chi connectivity index (χ1n) is 7.96. The van der Waals surface area contributed by atoms with E-state index in [-0.39, 0.29) is 18.5 Å². The zero-order chi connectivity index (χ0) is 18.4. The fraction of sp³-hybridized carbons (Fsp3) is 0.167. The quantitative estimate of drug-likeness (QED) is 0.391. The van der Waals surface area contributed by atoms with Gasteiger partial charge in [0, 0.05) is 6.42 Å². The molecule has 1 heterocycles. The standard InChI is InChI=1S/C18H17ClN4O3/c19-15-8-4-5-9-16(15)20-18(25)21-17-11-23(22-26-17)14(12-24)10-13-6-2-1-3-7-13/h1-9,11,14,24H,10,12H2,(H-,20,21,22,25). The number of amidine groups is 1. The van der Waals surface area contributed by atoms with Gasteiger partial charge in [0.25, 0.3) is 6.20 Å². The lowest BCUT2D eigenvalue weighted by molar-refractivity contribution is -0.786. The van der Waals surface area contributed by atoms with Crippen LogP contribution in [0.5, 0.6) is 0 Å². The molecule has 2 aromatic carbocycles. The van der Waals surface area contributed by atoms with Gasteiger partial charge in [0.15, 0.2) is 0 Å². The maximum atomic E-state index is 12.0. The molecule has 0 saturated carbocycles. The van der Waals surface area contributed by atoms with Crippen molar-refractivity contribution in [1.82, 2.24) is 5.27 Å². The highest BCUT2D eigenvalue weighted by atomic mass is 35.5. The van der Waals surface area contributed by atoms with Crippen LogP contribution in [0.1, 0.15) is 11.6 Å². The third kappa shape index (κ3) is 4.59. The Kier molecular flexibility index (Phi) is 5.83. The van der Waals surface area contributed by atoms with E-state index in [2.05, 4.69) is 15.6 Å². The zero-order valence-electron chi connectivity index (χ0n) is 13.7. The SMILES string of the molecule is [O-]C(=Nc1c[n+](C(CO)Cc2ccccc2)no1)Nc1ccccc1Cl. The molecule has 2 N–H and O–H groups in total. The number of rotatable bonds is 6. The second-order valence-electron chi connectivity index (χ2n) is 5.57.